The van der Waals surface area contributed by atoms with Gasteiger partial charge in [0.25, 0.3) is 0 Å². The Morgan fingerprint density at radius 2 is 1.91 bits per heavy atom. The van der Waals surface area contributed by atoms with Crippen LogP contribution in [0.5, 0.6) is 0 Å². The molecule has 3 unspecified atom stereocenters. The number of likely N-dealkylation sites (N-methyl/N-ethyl adjacent to an activating group) is 2. The van der Waals surface area contributed by atoms with Gasteiger partial charge in [0.2, 0.25) is 18.0 Å². The van der Waals surface area contributed by atoms with Crippen molar-refractivity contribution in [2.24, 2.45) is 0 Å². The van der Waals surface area contributed by atoms with Crippen LogP contribution < -0.4 is 16.0 Å². The van der Waals surface area contributed by atoms with E-state index in [1.54, 1.807) is 21.0 Å². The van der Waals surface area contributed by atoms with Crippen molar-refractivity contribution in [1.82, 2.24) is 20.9 Å². The Morgan fingerprint density at radius 3 is 2.55 bits per heavy atom. The number of fused-ring (bicyclic) bond motifs is 2. The number of carbonyl (C=O) groups excluding carboxylic acids is 1. The molecule has 4 rings (SSSR count). The number of nitrogens with zero attached hydrogens (tertiary/aromatic N) is 1. The number of hydrogen-bond acceptors (Lipinski definition) is 10. The summed E-state index contributed by atoms with van der Waals surface area (Å²) in [4.78, 5) is 16.6. The fourth-order valence-corrected chi connectivity index (χ4v) is 4.94. The van der Waals surface area contributed by atoms with E-state index in [2.05, 4.69) is 20.9 Å². The van der Waals surface area contributed by atoms with Gasteiger partial charge in [0.05, 0.1) is 43.0 Å². The van der Waals surface area contributed by atoms with Gasteiger partial charge in [-0.1, -0.05) is 0 Å². The highest BCUT2D eigenvalue weighted by Gasteiger charge is 2.63. The molecule has 3 heterocycles. The summed E-state index contributed by atoms with van der Waals surface area (Å²) in [6, 6.07) is 0.334. The number of aliphatic hydroxyl groups is 3. The number of amides is 1. The molecule has 0 aromatic carbocycles. The van der Waals surface area contributed by atoms with Crippen LogP contribution in [0.4, 0.5) is 4.39 Å². The standard InChI is InChI=1S/C21H31FN4O7/c1-9-6-12(26-13(27)7-11-5-4-10(22)8-25-11)21(30)20(31-9)32-19-17(29)14(23-2)16(28)15(24-3)18(19)33-21/h4-5,8-9,12,14-20,23-24,28-30H,6-7H2,1-3H3,(H,26,27)/t9-,12-,14-,15+,16+,17+,18?,19?,20?,21+/m1/s1. The minimum absolute atomic E-state index is 0.125. The smallest absolute Gasteiger partial charge is 0.239 e. The van der Waals surface area contributed by atoms with E-state index in [0.29, 0.717) is 5.69 Å². The minimum Gasteiger partial charge on any atom is -0.390 e. The second-order valence-corrected chi connectivity index (χ2v) is 8.82. The van der Waals surface area contributed by atoms with Crippen LogP contribution >= 0.6 is 0 Å². The zero-order valence-corrected chi connectivity index (χ0v) is 18.6. The fourth-order valence-electron chi connectivity index (χ4n) is 4.94. The van der Waals surface area contributed by atoms with Crippen molar-refractivity contribution in [3.05, 3.63) is 29.8 Å². The molecule has 2 aliphatic heterocycles. The molecule has 0 spiro atoms. The van der Waals surface area contributed by atoms with Gasteiger partial charge >= 0.3 is 0 Å². The maximum absolute atomic E-state index is 13.1. The number of pyridine rings is 1. The van der Waals surface area contributed by atoms with Crippen LogP contribution in [0.15, 0.2) is 18.3 Å². The highest BCUT2D eigenvalue weighted by molar-refractivity contribution is 5.78. The summed E-state index contributed by atoms with van der Waals surface area (Å²) in [5, 5.41) is 41.6. The zero-order valence-electron chi connectivity index (χ0n) is 18.6. The molecule has 1 aromatic rings. The molecule has 0 radical (unpaired) electrons. The first-order chi connectivity index (χ1) is 15.7. The van der Waals surface area contributed by atoms with Gasteiger partial charge in [-0.15, -0.1) is 0 Å². The van der Waals surface area contributed by atoms with Crippen molar-refractivity contribution < 1.29 is 38.7 Å². The Balaban J connectivity index is 1.55. The van der Waals surface area contributed by atoms with Crippen LogP contribution in [0.1, 0.15) is 19.0 Å². The zero-order chi connectivity index (χ0) is 23.9. The molecule has 12 heteroatoms. The summed E-state index contributed by atoms with van der Waals surface area (Å²) >= 11 is 0. The van der Waals surface area contributed by atoms with Crippen LogP contribution in [-0.2, 0) is 25.4 Å². The van der Waals surface area contributed by atoms with Gasteiger partial charge in [0.15, 0.2) is 0 Å². The van der Waals surface area contributed by atoms with Gasteiger partial charge in [-0.3, -0.25) is 9.78 Å². The monoisotopic (exact) mass is 470 g/mol. The molecule has 10 atom stereocenters. The summed E-state index contributed by atoms with van der Waals surface area (Å²) in [5.41, 5.74) is 0.366. The van der Waals surface area contributed by atoms with Crippen molar-refractivity contribution in [2.75, 3.05) is 14.1 Å². The average Bonchev–Trinajstić information content (AvgIpc) is 2.76. The van der Waals surface area contributed by atoms with E-state index in [1.807, 2.05) is 0 Å². The molecular weight excluding hydrogens is 439 g/mol. The van der Waals surface area contributed by atoms with E-state index in [4.69, 9.17) is 14.2 Å². The number of hydrogen-bond donors (Lipinski definition) is 6. The first kappa shape index (κ1) is 24.4. The Labute approximate surface area is 190 Å². The number of nitrogens with one attached hydrogen (secondary N) is 3. The maximum atomic E-state index is 13.1. The van der Waals surface area contributed by atoms with Crippen molar-refractivity contribution in [2.45, 2.75) is 80.5 Å². The third kappa shape index (κ3) is 4.49. The third-order valence-corrected chi connectivity index (χ3v) is 6.62. The van der Waals surface area contributed by atoms with Gasteiger partial charge in [-0.2, -0.15) is 0 Å². The number of carbonyl (C=O) groups is 1. The molecule has 11 nitrogen and oxygen atoms in total. The quantitative estimate of drug-likeness (QED) is 0.279. The Morgan fingerprint density at radius 1 is 1.18 bits per heavy atom. The average molecular weight is 470 g/mol. The van der Waals surface area contributed by atoms with Crippen molar-refractivity contribution >= 4 is 5.91 Å². The van der Waals surface area contributed by atoms with E-state index in [-0.39, 0.29) is 12.8 Å². The normalized spacial score (nSPS) is 42.8. The number of halogens is 1. The molecule has 3 fully saturated rings. The van der Waals surface area contributed by atoms with E-state index in [0.717, 1.165) is 6.20 Å². The molecule has 0 bridgehead atoms. The molecule has 184 valence electrons. The summed E-state index contributed by atoms with van der Waals surface area (Å²) in [5.74, 6) is -3.02. The highest BCUT2D eigenvalue weighted by Crippen LogP contribution is 2.41. The Kier molecular flexibility index (Phi) is 6.99. The molecule has 1 aliphatic carbocycles. The molecule has 2 saturated heterocycles. The van der Waals surface area contributed by atoms with Crippen LogP contribution in [-0.4, -0.2) is 101 Å². The van der Waals surface area contributed by atoms with Crippen LogP contribution in [0, 0.1) is 5.82 Å². The molecule has 1 aromatic heterocycles. The second kappa shape index (κ2) is 9.47. The van der Waals surface area contributed by atoms with Crippen LogP contribution in [0.2, 0.25) is 0 Å². The lowest BCUT2D eigenvalue weighted by molar-refractivity contribution is -0.449. The molecular formula is C21H31FN4O7. The molecule has 1 amide bonds. The topological polar surface area (TPSA) is 154 Å². The molecule has 33 heavy (non-hydrogen) atoms. The van der Waals surface area contributed by atoms with Crippen LogP contribution in [0.25, 0.3) is 0 Å². The highest BCUT2D eigenvalue weighted by atomic mass is 19.1. The fraction of sp³-hybridized carbons (Fsp3) is 0.714. The van der Waals surface area contributed by atoms with Gasteiger partial charge in [-0.05, 0) is 39.6 Å². The lowest BCUT2D eigenvalue weighted by Gasteiger charge is -2.58. The van der Waals surface area contributed by atoms with Gasteiger partial charge in [-0.25, -0.2) is 4.39 Å². The summed E-state index contributed by atoms with van der Waals surface area (Å²) in [6.07, 6.45) is -4.56. The first-order valence-electron chi connectivity index (χ1n) is 11.0. The lowest BCUT2D eigenvalue weighted by atomic mass is 9.79. The minimum atomic E-state index is -2.07. The largest absolute Gasteiger partial charge is 0.390 e. The Bertz CT molecular complexity index is 848. The maximum Gasteiger partial charge on any atom is 0.239 e. The summed E-state index contributed by atoms with van der Waals surface area (Å²) in [7, 11) is 3.24. The third-order valence-electron chi connectivity index (χ3n) is 6.62. The number of rotatable bonds is 5. The summed E-state index contributed by atoms with van der Waals surface area (Å²) < 4.78 is 30.9. The number of aromatic nitrogens is 1. The Hall–Kier alpha value is -1.77. The van der Waals surface area contributed by atoms with Gasteiger partial charge < -0.3 is 45.5 Å². The molecule has 3 aliphatic rings. The molecule has 6 N–H and O–H groups in total. The number of ether oxygens (including phenoxy) is 3. The van der Waals surface area contributed by atoms with Crippen molar-refractivity contribution in [3.63, 3.8) is 0 Å². The van der Waals surface area contributed by atoms with E-state index < -0.39 is 72.4 Å². The summed E-state index contributed by atoms with van der Waals surface area (Å²) in [6.45, 7) is 1.77. The van der Waals surface area contributed by atoms with Gasteiger partial charge in [0.1, 0.15) is 24.1 Å². The van der Waals surface area contributed by atoms with E-state index >= 15 is 0 Å². The predicted molar refractivity (Wildman–Crippen MR) is 111 cm³/mol. The van der Waals surface area contributed by atoms with Crippen molar-refractivity contribution in [1.29, 1.82) is 0 Å². The lowest BCUT2D eigenvalue weighted by Crippen LogP contribution is -2.79. The van der Waals surface area contributed by atoms with E-state index in [1.165, 1.54) is 12.1 Å². The van der Waals surface area contributed by atoms with Crippen LogP contribution in [0.3, 0.4) is 0 Å². The molecule has 1 saturated carbocycles. The number of aliphatic hydroxyl groups excluding tert-OH is 2. The SMILES string of the molecule is CN[C@@H]1[C@H](O)[C@H](NC)C2O[C@]3(O)C(OC2[C@H]1O)O[C@H](C)C[C@H]3NC(=O)Cc1ccc(F)cn1. The van der Waals surface area contributed by atoms with Gasteiger partial charge in [0, 0.05) is 5.69 Å². The van der Waals surface area contributed by atoms with Crippen molar-refractivity contribution in [3.8, 4) is 0 Å². The first-order valence-corrected chi connectivity index (χ1v) is 11.0. The van der Waals surface area contributed by atoms with E-state index in [9.17, 15) is 24.5 Å². The second-order valence-electron chi connectivity index (χ2n) is 8.82. The predicted octanol–water partition coefficient (Wildman–Crippen LogP) is -2.23.